The molecule has 0 fully saturated rings. The lowest BCUT2D eigenvalue weighted by Gasteiger charge is -2.21. The van der Waals surface area contributed by atoms with E-state index in [0.29, 0.717) is 12.4 Å². The summed E-state index contributed by atoms with van der Waals surface area (Å²) < 4.78 is 0. The van der Waals surface area contributed by atoms with Gasteiger partial charge < -0.3 is 10.6 Å². The fourth-order valence-electron chi connectivity index (χ4n) is 2.15. The minimum atomic E-state index is -0.124. The van der Waals surface area contributed by atoms with Crippen LogP contribution in [0.25, 0.3) is 0 Å². The van der Waals surface area contributed by atoms with Gasteiger partial charge in [-0.25, -0.2) is 4.98 Å². The van der Waals surface area contributed by atoms with Crippen LogP contribution in [0.4, 0.5) is 17.5 Å². The minimum absolute atomic E-state index is 0.0150. The number of aromatic nitrogens is 2. The zero-order valence-corrected chi connectivity index (χ0v) is 14.7. The first-order valence-electron chi connectivity index (χ1n) is 7.90. The van der Waals surface area contributed by atoms with Gasteiger partial charge in [0.1, 0.15) is 5.82 Å². The summed E-state index contributed by atoms with van der Waals surface area (Å²) in [6, 6.07) is 7.70. The number of benzene rings is 1. The lowest BCUT2D eigenvalue weighted by molar-refractivity contribution is -0.114. The maximum Gasteiger partial charge on any atom is 0.225 e. The maximum absolute atomic E-state index is 11.7. The summed E-state index contributed by atoms with van der Waals surface area (Å²) >= 11 is 0. The van der Waals surface area contributed by atoms with Crippen molar-refractivity contribution in [2.45, 2.75) is 39.7 Å². The fraction of sp³-hybridized carbons (Fsp3) is 0.316. The number of anilines is 3. The number of aryl methyl sites for hydroxylation is 1. The van der Waals surface area contributed by atoms with E-state index in [0.717, 1.165) is 22.6 Å². The second-order valence-electron chi connectivity index (χ2n) is 6.73. The molecule has 0 aliphatic carbocycles. The van der Waals surface area contributed by atoms with Crippen LogP contribution in [-0.2, 0) is 11.2 Å². The predicted molar refractivity (Wildman–Crippen MR) is 98.8 cm³/mol. The Morgan fingerprint density at radius 1 is 1.29 bits per heavy atom. The molecular weight excluding hydrogens is 300 g/mol. The monoisotopic (exact) mass is 324 g/mol. The van der Waals surface area contributed by atoms with Crippen molar-refractivity contribution in [2.24, 2.45) is 0 Å². The van der Waals surface area contributed by atoms with Gasteiger partial charge in [-0.15, -0.1) is 0 Å². The molecule has 2 rings (SSSR count). The summed E-state index contributed by atoms with van der Waals surface area (Å²) in [6.45, 7) is 11.6. The molecule has 24 heavy (non-hydrogen) atoms. The minimum Gasteiger partial charge on any atom is -0.350 e. The lowest BCUT2D eigenvalue weighted by atomic mass is 10.1. The number of rotatable bonds is 6. The molecule has 0 bridgehead atoms. The predicted octanol–water partition coefficient (Wildman–Crippen LogP) is 4.04. The van der Waals surface area contributed by atoms with Crippen LogP contribution in [-0.4, -0.2) is 21.3 Å². The smallest absolute Gasteiger partial charge is 0.225 e. The van der Waals surface area contributed by atoms with Gasteiger partial charge >= 0.3 is 0 Å². The molecule has 0 amide bonds. The standard InChI is InChI=1S/C19H24N4O/c1-6-15(24)11-14-9-7-8-10-16(14)21-17-13(2)12-20-18(22-17)23-19(3,4)5/h6-10,12H,1,11H2,2-5H3,(H2,20,21,22,23). The molecule has 1 aromatic heterocycles. The third kappa shape index (κ3) is 4.91. The first-order valence-corrected chi connectivity index (χ1v) is 7.90. The molecular formula is C19H24N4O. The number of hydrogen-bond donors (Lipinski definition) is 2. The molecule has 0 aliphatic rings. The SMILES string of the molecule is C=CC(=O)Cc1ccccc1Nc1nc(NC(C)(C)C)ncc1C. The van der Waals surface area contributed by atoms with Crippen LogP contribution in [0.15, 0.2) is 43.1 Å². The van der Waals surface area contributed by atoms with Crippen LogP contribution in [0.2, 0.25) is 0 Å². The summed E-state index contributed by atoms with van der Waals surface area (Å²) in [7, 11) is 0. The van der Waals surface area contributed by atoms with Gasteiger partial charge in [-0.2, -0.15) is 4.98 Å². The molecule has 0 unspecified atom stereocenters. The molecule has 0 radical (unpaired) electrons. The molecule has 5 nitrogen and oxygen atoms in total. The number of allylic oxidation sites excluding steroid dienone is 1. The lowest BCUT2D eigenvalue weighted by Crippen LogP contribution is -2.27. The van der Waals surface area contributed by atoms with Gasteiger partial charge in [-0.3, -0.25) is 4.79 Å². The van der Waals surface area contributed by atoms with Gasteiger partial charge in [0.15, 0.2) is 5.78 Å². The molecule has 1 aromatic carbocycles. The van der Waals surface area contributed by atoms with E-state index in [1.165, 1.54) is 6.08 Å². The van der Waals surface area contributed by atoms with E-state index in [2.05, 4.69) is 48.0 Å². The molecule has 2 N–H and O–H groups in total. The quantitative estimate of drug-likeness (QED) is 0.785. The zero-order valence-electron chi connectivity index (χ0n) is 14.7. The summed E-state index contributed by atoms with van der Waals surface area (Å²) in [5.74, 6) is 1.27. The maximum atomic E-state index is 11.7. The van der Waals surface area contributed by atoms with Crippen LogP contribution in [0.5, 0.6) is 0 Å². The summed E-state index contributed by atoms with van der Waals surface area (Å²) in [5.41, 5.74) is 2.57. The van der Waals surface area contributed by atoms with Gasteiger partial charge in [0, 0.05) is 29.4 Å². The Hall–Kier alpha value is -2.69. The molecule has 1 heterocycles. The van der Waals surface area contributed by atoms with E-state index in [4.69, 9.17) is 0 Å². The number of ketones is 1. The van der Waals surface area contributed by atoms with Gasteiger partial charge in [0.2, 0.25) is 5.95 Å². The highest BCUT2D eigenvalue weighted by Gasteiger charge is 2.13. The van der Waals surface area contributed by atoms with Crippen molar-refractivity contribution < 1.29 is 4.79 Å². The molecule has 0 saturated carbocycles. The second kappa shape index (κ2) is 7.25. The third-order valence-electron chi connectivity index (χ3n) is 3.32. The van der Waals surface area contributed by atoms with Crippen molar-refractivity contribution in [2.75, 3.05) is 10.6 Å². The van der Waals surface area contributed by atoms with Crippen LogP contribution >= 0.6 is 0 Å². The molecule has 0 saturated heterocycles. The molecule has 0 spiro atoms. The number of nitrogens with zero attached hydrogens (tertiary/aromatic N) is 2. The summed E-state index contributed by atoms with van der Waals surface area (Å²) in [6.07, 6.45) is 3.43. The Bertz CT molecular complexity index is 747. The van der Waals surface area contributed by atoms with Crippen molar-refractivity contribution in [3.63, 3.8) is 0 Å². The number of carbonyl (C=O) groups excluding carboxylic acids is 1. The molecule has 5 heteroatoms. The van der Waals surface area contributed by atoms with Crippen molar-refractivity contribution in [1.82, 2.24) is 9.97 Å². The topological polar surface area (TPSA) is 66.9 Å². The zero-order chi connectivity index (χ0) is 17.7. The van der Waals surface area contributed by atoms with Crippen LogP contribution in [0, 0.1) is 6.92 Å². The first kappa shape index (κ1) is 17.7. The van der Waals surface area contributed by atoms with E-state index in [9.17, 15) is 4.79 Å². The number of nitrogens with one attached hydrogen (secondary N) is 2. The molecule has 2 aromatic rings. The summed E-state index contributed by atoms with van der Waals surface area (Å²) in [5, 5.41) is 6.58. The van der Waals surface area contributed by atoms with Crippen LogP contribution in [0.3, 0.4) is 0 Å². The third-order valence-corrected chi connectivity index (χ3v) is 3.32. The Morgan fingerprint density at radius 3 is 2.67 bits per heavy atom. The Balaban J connectivity index is 2.29. The first-order chi connectivity index (χ1) is 11.3. The largest absolute Gasteiger partial charge is 0.350 e. The van der Waals surface area contributed by atoms with Crippen molar-refractivity contribution in [3.05, 3.63) is 54.2 Å². The second-order valence-corrected chi connectivity index (χ2v) is 6.73. The van der Waals surface area contributed by atoms with E-state index in [-0.39, 0.29) is 11.3 Å². The van der Waals surface area contributed by atoms with Gasteiger partial charge in [0.05, 0.1) is 0 Å². The highest BCUT2D eigenvalue weighted by atomic mass is 16.1. The number of para-hydroxylation sites is 1. The van der Waals surface area contributed by atoms with Crippen molar-refractivity contribution >= 4 is 23.2 Å². The van der Waals surface area contributed by atoms with Crippen LogP contribution < -0.4 is 10.6 Å². The normalized spacial score (nSPS) is 11.0. The van der Waals surface area contributed by atoms with E-state index < -0.39 is 0 Å². The van der Waals surface area contributed by atoms with Crippen LogP contribution in [0.1, 0.15) is 31.9 Å². The Kier molecular flexibility index (Phi) is 5.34. The highest BCUT2D eigenvalue weighted by Crippen LogP contribution is 2.23. The van der Waals surface area contributed by atoms with Crippen molar-refractivity contribution in [3.8, 4) is 0 Å². The van der Waals surface area contributed by atoms with Crippen molar-refractivity contribution in [1.29, 1.82) is 0 Å². The highest BCUT2D eigenvalue weighted by molar-refractivity contribution is 5.92. The number of hydrogen-bond acceptors (Lipinski definition) is 5. The van der Waals surface area contributed by atoms with E-state index >= 15 is 0 Å². The Morgan fingerprint density at radius 2 is 2.00 bits per heavy atom. The average molecular weight is 324 g/mol. The van der Waals surface area contributed by atoms with E-state index in [1.54, 1.807) is 6.20 Å². The van der Waals surface area contributed by atoms with Gasteiger partial charge in [-0.05, 0) is 45.4 Å². The number of carbonyl (C=O) groups is 1. The summed E-state index contributed by atoms with van der Waals surface area (Å²) in [4.78, 5) is 20.6. The van der Waals surface area contributed by atoms with Gasteiger partial charge in [0.25, 0.3) is 0 Å². The average Bonchev–Trinajstić information content (AvgIpc) is 2.51. The molecule has 126 valence electrons. The van der Waals surface area contributed by atoms with E-state index in [1.807, 2.05) is 31.2 Å². The Labute approximate surface area is 143 Å². The molecule has 0 atom stereocenters. The fourth-order valence-corrected chi connectivity index (χ4v) is 2.15. The van der Waals surface area contributed by atoms with Gasteiger partial charge in [-0.1, -0.05) is 24.8 Å². The molecule has 0 aliphatic heterocycles.